The molecule has 1 nitrogen and oxygen atoms in total. The van der Waals surface area contributed by atoms with E-state index in [1.54, 1.807) is 0 Å². The van der Waals surface area contributed by atoms with Gasteiger partial charge in [0.2, 0.25) is 0 Å². The molecule has 1 N–H and O–H groups in total. The summed E-state index contributed by atoms with van der Waals surface area (Å²) in [5, 5.41) is 9.38. The number of benzene rings is 1. The molecule has 0 radical (unpaired) electrons. The van der Waals surface area contributed by atoms with E-state index in [2.05, 4.69) is 9.24 Å². The van der Waals surface area contributed by atoms with Gasteiger partial charge in [0.1, 0.15) is 5.75 Å². The molecule has 1 rings (SSSR count). The molecule has 0 amide bonds. The standard InChI is InChI=1S/C8H11OP/c1-6-3-2-4-7(5-10)8(6)9/h2-4,9H,5,10H2,1H3. The minimum absolute atomic E-state index is 0.428. The third kappa shape index (κ3) is 1.30. The Morgan fingerprint density at radius 3 is 2.70 bits per heavy atom. The van der Waals surface area contributed by atoms with Crippen LogP contribution in [-0.4, -0.2) is 5.11 Å². The molecule has 0 aliphatic heterocycles. The minimum atomic E-state index is 0.428. The van der Waals surface area contributed by atoms with Gasteiger partial charge in [-0.3, -0.25) is 0 Å². The molecule has 0 aliphatic carbocycles. The number of phenols is 1. The fourth-order valence-corrected chi connectivity index (χ4v) is 1.21. The smallest absolute Gasteiger partial charge is 0.122 e. The van der Waals surface area contributed by atoms with Crippen molar-refractivity contribution in [3.8, 4) is 5.75 Å². The lowest BCUT2D eigenvalue weighted by Gasteiger charge is -2.02. The van der Waals surface area contributed by atoms with Crippen molar-refractivity contribution in [1.29, 1.82) is 0 Å². The zero-order valence-corrected chi connectivity index (χ0v) is 7.12. The zero-order chi connectivity index (χ0) is 7.56. The second kappa shape index (κ2) is 3.03. The van der Waals surface area contributed by atoms with Crippen molar-refractivity contribution in [3.05, 3.63) is 29.3 Å². The number of phenolic OH excluding ortho intramolecular Hbond substituents is 1. The number of aryl methyl sites for hydroxylation is 1. The molecule has 0 saturated heterocycles. The van der Waals surface area contributed by atoms with Crippen molar-refractivity contribution in [2.75, 3.05) is 0 Å². The fraction of sp³-hybridized carbons (Fsp3) is 0.250. The second-order valence-electron chi connectivity index (χ2n) is 2.29. The van der Waals surface area contributed by atoms with Crippen molar-refractivity contribution in [3.63, 3.8) is 0 Å². The molecule has 1 atom stereocenters. The van der Waals surface area contributed by atoms with E-state index >= 15 is 0 Å². The molecule has 1 aromatic rings. The summed E-state index contributed by atoms with van der Waals surface area (Å²) in [6.45, 7) is 1.90. The number of rotatable bonds is 1. The summed E-state index contributed by atoms with van der Waals surface area (Å²) in [6.07, 6.45) is 0.813. The first-order chi connectivity index (χ1) is 4.75. The Hall–Kier alpha value is -0.550. The highest BCUT2D eigenvalue weighted by Crippen LogP contribution is 2.22. The first-order valence-corrected chi connectivity index (χ1v) is 4.05. The van der Waals surface area contributed by atoms with E-state index in [4.69, 9.17) is 0 Å². The van der Waals surface area contributed by atoms with E-state index in [-0.39, 0.29) is 0 Å². The molecular weight excluding hydrogens is 143 g/mol. The van der Waals surface area contributed by atoms with E-state index in [1.165, 1.54) is 0 Å². The van der Waals surface area contributed by atoms with E-state index in [1.807, 2.05) is 25.1 Å². The van der Waals surface area contributed by atoms with Gasteiger partial charge in [-0.1, -0.05) is 18.2 Å². The summed E-state index contributed by atoms with van der Waals surface area (Å²) in [7, 11) is 2.59. The van der Waals surface area contributed by atoms with Crippen LogP contribution in [0.15, 0.2) is 18.2 Å². The highest BCUT2D eigenvalue weighted by Gasteiger charge is 1.98. The van der Waals surface area contributed by atoms with Crippen LogP contribution >= 0.6 is 9.24 Å². The first-order valence-electron chi connectivity index (χ1n) is 3.23. The Morgan fingerprint density at radius 2 is 2.20 bits per heavy atom. The number of hydrogen-bond acceptors (Lipinski definition) is 1. The van der Waals surface area contributed by atoms with Gasteiger partial charge >= 0.3 is 0 Å². The summed E-state index contributed by atoms with van der Waals surface area (Å²) >= 11 is 0. The van der Waals surface area contributed by atoms with Crippen LogP contribution in [0.4, 0.5) is 0 Å². The van der Waals surface area contributed by atoms with Gasteiger partial charge in [-0.15, -0.1) is 9.24 Å². The Morgan fingerprint density at radius 1 is 1.50 bits per heavy atom. The number of para-hydroxylation sites is 1. The molecule has 0 saturated carbocycles. The average molecular weight is 154 g/mol. The van der Waals surface area contributed by atoms with Crippen molar-refractivity contribution in [1.82, 2.24) is 0 Å². The second-order valence-corrected chi connectivity index (χ2v) is 2.70. The molecule has 0 spiro atoms. The Kier molecular flexibility index (Phi) is 2.29. The maximum atomic E-state index is 9.38. The molecular formula is C8H11OP. The molecule has 0 fully saturated rings. The van der Waals surface area contributed by atoms with Gasteiger partial charge in [-0.25, -0.2) is 0 Å². The first kappa shape index (κ1) is 7.56. The molecule has 0 heterocycles. The van der Waals surface area contributed by atoms with Crippen LogP contribution in [0.25, 0.3) is 0 Å². The van der Waals surface area contributed by atoms with Crippen LogP contribution in [0.1, 0.15) is 11.1 Å². The van der Waals surface area contributed by atoms with Gasteiger partial charge < -0.3 is 5.11 Å². The quantitative estimate of drug-likeness (QED) is 0.614. The summed E-state index contributed by atoms with van der Waals surface area (Å²) in [5.74, 6) is 0.428. The molecule has 1 unspecified atom stereocenters. The molecule has 54 valence electrons. The summed E-state index contributed by atoms with van der Waals surface area (Å²) in [6, 6.07) is 5.78. The van der Waals surface area contributed by atoms with Gasteiger partial charge in [-0.05, 0) is 24.2 Å². The van der Waals surface area contributed by atoms with Crippen LogP contribution in [0.3, 0.4) is 0 Å². The highest BCUT2D eigenvalue weighted by molar-refractivity contribution is 7.15. The van der Waals surface area contributed by atoms with Gasteiger partial charge in [0, 0.05) is 0 Å². The Labute approximate surface area is 63.3 Å². The third-order valence-electron chi connectivity index (χ3n) is 1.54. The summed E-state index contributed by atoms with van der Waals surface area (Å²) in [5.41, 5.74) is 1.94. The summed E-state index contributed by atoms with van der Waals surface area (Å²) in [4.78, 5) is 0. The zero-order valence-electron chi connectivity index (χ0n) is 5.96. The largest absolute Gasteiger partial charge is 0.507 e. The normalized spacial score (nSPS) is 9.80. The molecule has 0 aliphatic rings. The van der Waals surface area contributed by atoms with Gasteiger partial charge in [0.15, 0.2) is 0 Å². The van der Waals surface area contributed by atoms with Crippen LogP contribution in [-0.2, 0) is 6.16 Å². The molecule has 0 aromatic heterocycles. The molecule has 0 bridgehead atoms. The van der Waals surface area contributed by atoms with E-state index in [9.17, 15) is 5.11 Å². The molecule has 10 heavy (non-hydrogen) atoms. The van der Waals surface area contributed by atoms with Gasteiger partial charge in [0.25, 0.3) is 0 Å². The molecule has 2 heteroatoms. The van der Waals surface area contributed by atoms with Gasteiger partial charge in [-0.2, -0.15) is 0 Å². The van der Waals surface area contributed by atoms with Crippen molar-refractivity contribution in [2.45, 2.75) is 13.1 Å². The topological polar surface area (TPSA) is 20.2 Å². The third-order valence-corrected chi connectivity index (χ3v) is 1.98. The van der Waals surface area contributed by atoms with Crippen LogP contribution < -0.4 is 0 Å². The van der Waals surface area contributed by atoms with Crippen molar-refractivity contribution in [2.24, 2.45) is 0 Å². The Bertz CT molecular complexity index is 233. The number of hydrogen-bond donors (Lipinski definition) is 1. The lowest BCUT2D eigenvalue weighted by Crippen LogP contribution is -1.81. The van der Waals surface area contributed by atoms with Crippen molar-refractivity contribution < 1.29 is 5.11 Å². The Balaban J connectivity index is 3.14. The molecule has 1 aromatic carbocycles. The minimum Gasteiger partial charge on any atom is -0.507 e. The van der Waals surface area contributed by atoms with Crippen molar-refractivity contribution >= 4 is 9.24 Å². The lowest BCUT2D eigenvalue weighted by molar-refractivity contribution is 0.466. The maximum Gasteiger partial charge on any atom is 0.122 e. The average Bonchev–Trinajstić information content (AvgIpc) is 1.95. The SMILES string of the molecule is Cc1cccc(CP)c1O. The maximum absolute atomic E-state index is 9.38. The van der Waals surface area contributed by atoms with E-state index in [0.29, 0.717) is 5.75 Å². The highest BCUT2D eigenvalue weighted by atomic mass is 31.0. The lowest BCUT2D eigenvalue weighted by atomic mass is 10.1. The van der Waals surface area contributed by atoms with Gasteiger partial charge in [0.05, 0.1) is 0 Å². The van der Waals surface area contributed by atoms with Crippen LogP contribution in [0.5, 0.6) is 5.75 Å². The summed E-state index contributed by atoms with van der Waals surface area (Å²) < 4.78 is 0. The van der Waals surface area contributed by atoms with Crippen LogP contribution in [0.2, 0.25) is 0 Å². The number of aromatic hydroxyl groups is 1. The predicted octanol–water partition coefficient (Wildman–Crippen LogP) is 2.08. The van der Waals surface area contributed by atoms with E-state index < -0.39 is 0 Å². The monoisotopic (exact) mass is 154 g/mol. The van der Waals surface area contributed by atoms with E-state index in [0.717, 1.165) is 17.3 Å². The van der Waals surface area contributed by atoms with Crippen LogP contribution in [0, 0.1) is 6.92 Å². The fourth-order valence-electron chi connectivity index (χ4n) is 0.884. The predicted molar refractivity (Wildman–Crippen MR) is 46.3 cm³/mol.